The molecule has 0 aromatic rings. The normalized spacial score (nSPS) is 42.4. The molecule has 216 valence electrons. The summed E-state index contributed by atoms with van der Waals surface area (Å²) >= 11 is 0. The molecule has 0 aromatic heterocycles. The molecule has 4 heterocycles. The highest BCUT2D eigenvalue weighted by Gasteiger charge is 2.59. The third-order valence-electron chi connectivity index (χ3n) is 11.0. The van der Waals surface area contributed by atoms with Gasteiger partial charge in [-0.05, 0) is 57.0 Å². The molecular weight excluding hydrogens is 499 g/mol. The fourth-order valence-electron chi connectivity index (χ4n) is 9.02. The Morgan fingerprint density at radius 2 is 1.74 bits per heavy atom. The Morgan fingerprint density at radius 3 is 2.51 bits per heavy atom. The van der Waals surface area contributed by atoms with Gasteiger partial charge in [0.05, 0.1) is 49.1 Å². The van der Waals surface area contributed by atoms with Crippen LogP contribution in [0.25, 0.3) is 0 Å². The van der Waals surface area contributed by atoms with Gasteiger partial charge in [0.2, 0.25) is 0 Å². The van der Waals surface area contributed by atoms with Crippen LogP contribution in [-0.2, 0) is 19.1 Å². The van der Waals surface area contributed by atoms with Crippen molar-refractivity contribution >= 4 is 11.7 Å². The molecule has 9 unspecified atom stereocenters. The number of likely N-dealkylation sites (tertiary alicyclic amines) is 1. The summed E-state index contributed by atoms with van der Waals surface area (Å²) in [6.45, 7) is 5.85. The van der Waals surface area contributed by atoms with E-state index in [1.54, 1.807) is 4.90 Å². The number of hydrogen-bond donors (Lipinski definition) is 1. The molecule has 7 aliphatic rings. The Bertz CT molecular complexity index is 967. The lowest BCUT2D eigenvalue weighted by atomic mass is 9.65. The molecule has 6 fully saturated rings. The molecule has 4 aliphatic heterocycles. The summed E-state index contributed by atoms with van der Waals surface area (Å²) in [7, 11) is 0. The Morgan fingerprint density at radius 1 is 1.00 bits per heavy atom. The Kier molecular flexibility index (Phi) is 7.45. The number of amides is 1. The van der Waals surface area contributed by atoms with E-state index in [1.807, 2.05) is 6.20 Å². The fourth-order valence-corrected chi connectivity index (χ4v) is 9.02. The van der Waals surface area contributed by atoms with Crippen LogP contribution in [0.15, 0.2) is 11.8 Å². The number of nitrogens with zero attached hydrogens (tertiary/aromatic N) is 3. The molecule has 9 atom stereocenters. The largest absolute Gasteiger partial charge is 0.378 e. The van der Waals surface area contributed by atoms with E-state index in [0.29, 0.717) is 38.1 Å². The van der Waals surface area contributed by atoms with E-state index in [0.717, 1.165) is 39.0 Å². The third kappa shape index (κ3) is 4.85. The number of ether oxygens (including phenoxy) is 2. The van der Waals surface area contributed by atoms with Crippen LogP contribution in [0.4, 0.5) is 4.39 Å². The molecule has 3 saturated carbocycles. The van der Waals surface area contributed by atoms with E-state index in [2.05, 4.69) is 15.1 Å². The highest BCUT2D eigenvalue weighted by atomic mass is 19.1. The summed E-state index contributed by atoms with van der Waals surface area (Å²) < 4.78 is 28.3. The van der Waals surface area contributed by atoms with Crippen LogP contribution in [0.3, 0.4) is 0 Å². The van der Waals surface area contributed by atoms with Gasteiger partial charge in [0.25, 0.3) is 5.91 Å². The highest BCUT2D eigenvalue weighted by Crippen LogP contribution is 2.50. The minimum Gasteiger partial charge on any atom is -0.378 e. The lowest BCUT2D eigenvalue weighted by Crippen LogP contribution is -2.73. The monoisotopic (exact) mass is 544 g/mol. The Balaban J connectivity index is 1.18. The van der Waals surface area contributed by atoms with Crippen molar-refractivity contribution in [1.29, 1.82) is 0 Å². The van der Waals surface area contributed by atoms with Crippen molar-refractivity contribution in [1.82, 2.24) is 20.0 Å². The maximum absolute atomic E-state index is 16.0. The lowest BCUT2D eigenvalue weighted by Gasteiger charge is -2.61. The maximum Gasteiger partial charge on any atom is 0.259 e. The summed E-state index contributed by atoms with van der Waals surface area (Å²) in [5.74, 6) is 0.397. The van der Waals surface area contributed by atoms with Crippen molar-refractivity contribution in [3.8, 4) is 0 Å². The van der Waals surface area contributed by atoms with Gasteiger partial charge in [0.15, 0.2) is 5.78 Å². The average Bonchev–Trinajstić information content (AvgIpc) is 3.48. The van der Waals surface area contributed by atoms with Crippen molar-refractivity contribution in [2.75, 3.05) is 52.5 Å². The van der Waals surface area contributed by atoms with E-state index in [4.69, 9.17) is 9.47 Å². The van der Waals surface area contributed by atoms with Crippen LogP contribution >= 0.6 is 0 Å². The minimum atomic E-state index is -1.18. The molecule has 0 radical (unpaired) electrons. The van der Waals surface area contributed by atoms with Gasteiger partial charge in [0.1, 0.15) is 6.17 Å². The van der Waals surface area contributed by atoms with E-state index in [9.17, 15) is 9.59 Å². The summed E-state index contributed by atoms with van der Waals surface area (Å²) in [6, 6.07) is -0.495. The van der Waals surface area contributed by atoms with Gasteiger partial charge in [-0.1, -0.05) is 25.7 Å². The number of hydrogen-bond acceptors (Lipinski definition) is 7. The smallest absolute Gasteiger partial charge is 0.259 e. The summed E-state index contributed by atoms with van der Waals surface area (Å²) in [5, 5.41) is 3.55. The highest BCUT2D eigenvalue weighted by molar-refractivity contribution is 6.20. The van der Waals surface area contributed by atoms with Crippen LogP contribution in [-0.4, -0.2) is 115 Å². The van der Waals surface area contributed by atoms with Gasteiger partial charge in [0, 0.05) is 38.3 Å². The van der Waals surface area contributed by atoms with Gasteiger partial charge in [-0.3, -0.25) is 9.59 Å². The average molecular weight is 545 g/mol. The first-order chi connectivity index (χ1) is 19.1. The first-order valence-electron chi connectivity index (χ1n) is 15.7. The summed E-state index contributed by atoms with van der Waals surface area (Å²) in [5.41, 5.74) is 0.246. The van der Waals surface area contributed by atoms with Crippen LogP contribution < -0.4 is 5.32 Å². The third-order valence-corrected chi connectivity index (χ3v) is 11.0. The molecule has 0 bridgehead atoms. The van der Waals surface area contributed by atoms with Gasteiger partial charge in [-0.15, -0.1) is 0 Å². The number of carbonyl (C=O) groups is 2. The molecule has 39 heavy (non-hydrogen) atoms. The van der Waals surface area contributed by atoms with Gasteiger partial charge in [-0.2, -0.15) is 0 Å². The quantitative estimate of drug-likeness (QED) is 0.532. The molecule has 3 aliphatic carbocycles. The topological polar surface area (TPSA) is 74.3 Å². The number of nitrogens with one attached hydrogen (secondary N) is 1. The second kappa shape index (κ2) is 11.0. The van der Waals surface area contributed by atoms with Crippen LogP contribution in [0, 0.1) is 17.8 Å². The molecule has 0 aromatic carbocycles. The zero-order valence-corrected chi connectivity index (χ0v) is 23.1. The van der Waals surface area contributed by atoms with Crippen molar-refractivity contribution in [2.24, 2.45) is 17.8 Å². The predicted molar refractivity (Wildman–Crippen MR) is 144 cm³/mol. The fraction of sp³-hybridized carbons (Fsp3) is 0.867. The molecular formula is C30H45FN4O4. The molecule has 1 N–H and O–H groups in total. The number of carbonyl (C=O) groups excluding carboxylic acids is 2. The number of rotatable bonds is 5. The number of Topliss-reactive ketones (excluding diaryl/α,β-unsaturated/α-hetero) is 1. The molecule has 7 rings (SSSR count). The second-order valence-corrected chi connectivity index (χ2v) is 13.1. The number of halogens is 1. The number of fused-ring (bicyclic) bond motifs is 3. The zero-order valence-electron chi connectivity index (χ0n) is 23.1. The van der Waals surface area contributed by atoms with Crippen LogP contribution in [0.2, 0.25) is 0 Å². The molecule has 0 spiro atoms. The lowest BCUT2D eigenvalue weighted by molar-refractivity contribution is -0.208. The number of alkyl halides is 1. The molecule has 1 amide bonds. The van der Waals surface area contributed by atoms with Crippen LogP contribution in [0.5, 0.6) is 0 Å². The summed E-state index contributed by atoms with van der Waals surface area (Å²) in [4.78, 5) is 34.0. The first-order valence-corrected chi connectivity index (χ1v) is 15.7. The van der Waals surface area contributed by atoms with Crippen molar-refractivity contribution in [3.05, 3.63) is 11.8 Å². The van der Waals surface area contributed by atoms with Gasteiger partial charge in [-0.25, -0.2) is 4.39 Å². The SMILES string of the molecule is O=C1C(C(=O)N2CCOCC2)=CN2C3CC4CCCCC4CC3OC3C(NCCN4CCCC4)C(F)CC1C32. The van der Waals surface area contributed by atoms with E-state index < -0.39 is 18.1 Å². The minimum absolute atomic E-state index is 0.0172. The zero-order chi connectivity index (χ0) is 26.5. The summed E-state index contributed by atoms with van der Waals surface area (Å²) in [6.07, 6.45) is 10.1. The first kappa shape index (κ1) is 26.4. The van der Waals surface area contributed by atoms with Gasteiger partial charge >= 0.3 is 0 Å². The van der Waals surface area contributed by atoms with E-state index in [1.165, 1.54) is 38.5 Å². The molecule has 3 saturated heterocycles. The van der Waals surface area contributed by atoms with Crippen molar-refractivity contribution < 1.29 is 23.5 Å². The molecule has 9 heteroatoms. The Hall–Kier alpha value is -1.55. The Labute approximate surface area is 231 Å². The standard InChI is InChI=1S/C30H45FN4O4/c31-23-17-21-27-29(26(23)32-7-10-33-8-3-4-9-33)39-25-16-20-6-2-1-5-19(20)15-24(25)35(27)18-22(28(21)36)30(37)34-11-13-38-14-12-34/h18-21,23-27,29,32H,1-17H2. The van der Waals surface area contributed by atoms with E-state index >= 15 is 4.39 Å². The number of ketones is 1. The van der Waals surface area contributed by atoms with Crippen molar-refractivity contribution in [2.45, 2.75) is 94.3 Å². The number of morpholine rings is 2. The maximum atomic E-state index is 16.0. The van der Waals surface area contributed by atoms with E-state index in [-0.39, 0.29) is 48.0 Å². The van der Waals surface area contributed by atoms with Crippen LogP contribution in [0.1, 0.15) is 57.8 Å². The molecule has 8 nitrogen and oxygen atoms in total. The predicted octanol–water partition coefficient (Wildman–Crippen LogP) is 2.13. The van der Waals surface area contributed by atoms with Crippen molar-refractivity contribution in [3.63, 3.8) is 0 Å². The second-order valence-electron chi connectivity index (χ2n) is 13.1. The van der Waals surface area contributed by atoms with Gasteiger partial charge < -0.3 is 29.5 Å².